The fourth-order valence-corrected chi connectivity index (χ4v) is 3.12. The van der Waals surface area contributed by atoms with E-state index in [1.54, 1.807) is 0 Å². The molecule has 1 aromatic heterocycles. The molecule has 0 radical (unpaired) electrons. The van der Waals surface area contributed by atoms with Gasteiger partial charge in [0, 0.05) is 24.8 Å². The maximum absolute atomic E-state index is 4.94. The first kappa shape index (κ1) is 15.1. The summed E-state index contributed by atoms with van der Waals surface area (Å²) in [6, 6.07) is 11.4. The third-order valence-corrected chi connectivity index (χ3v) is 4.65. The molecule has 116 valence electrons. The molecule has 0 N–H and O–H groups in total. The normalized spacial score (nSPS) is 14.0. The van der Waals surface area contributed by atoms with E-state index in [-0.39, 0.29) is 0 Å². The molecule has 1 aromatic carbocycles. The number of rotatable bonds is 2. The monoisotopic (exact) mass is 294 g/mol. The lowest BCUT2D eigenvalue weighted by molar-refractivity contribution is 0.806. The molecule has 2 nitrogen and oxygen atoms in total. The number of fused-ring (bicyclic) bond motifs is 3. The van der Waals surface area contributed by atoms with Crippen LogP contribution in [0.1, 0.15) is 56.4 Å². The zero-order chi connectivity index (χ0) is 15.9. The number of likely N-dealkylation sites (N-methyl/N-ethyl adjacent to an activating group) is 1. The predicted octanol–water partition coefficient (Wildman–Crippen LogP) is 4.99. The summed E-state index contributed by atoms with van der Waals surface area (Å²) in [6.07, 6.45) is 1.08. The van der Waals surface area contributed by atoms with E-state index >= 15 is 0 Å². The minimum atomic E-state index is 0.463. The summed E-state index contributed by atoms with van der Waals surface area (Å²) in [6.45, 7) is 9.95. The van der Waals surface area contributed by atoms with Gasteiger partial charge >= 0.3 is 0 Å². The summed E-state index contributed by atoms with van der Waals surface area (Å²) in [4.78, 5) is 7.24. The first-order valence-corrected chi connectivity index (χ1v) is 8.32. The Labute approximate surface area is 134 Å². The van der Waals surface area contributed by atoms with Crippen molar-refractivity contribution in [3.63, 3.8) is 0 Å². The highest BCUT2D eigenvalue weighted by molar-refractivity contribution is 5.80. The number of benzene rings is 1. The van der Waals surface area contributed by atoms with Crippen LogP contribution in [0, 0.1) is 0 Å². The molecule has 2 heterocycles. The zero-order valence-corrected chi connectivity index (χ0v) is 14.4. The van der Waals surface area contributed by atoms with Crippen molar-refractivity contribution in [2.45, 2.75) is 46.0 Å². The standard InChI is InChI=1S/C20H26N2/c1-13(2)15-6-7-17-16(12-15)10-11-22(5)20-18(17)8-9-19(21-20)14(3)4/h6-9,12-14H,10-11H2,1-5H3. The number of hydrogen-bond acceptors (Lipinski definition) is 2. The van der Waals surface area contributed by atoms with E-state index in [0.717, 1.165) is 18.8 Å². The maximum atomic E-state index is 4.94. The van der Waals surface area contributed by atoms with Gasteiger partial charge in [-0.15, -0.1) is 0 Å². The van der Waals surface area contributed by atoms with Crippen molar-refractivity contribution in [1.29, 1.82) is 0 Å². The highest BCUT2D eigenvalue weighted by Gasteiger charge is 2.20. The van der Waals surface area contributed by atoms with Crippen molar-refractivity contribution in [3.05, 3.63) is 47.2 Å². The van der Waals surface area contributed by atoms with Crippen molar-refractivity contribution in [3.8, 4) is 11.1 Å². The van der Waals surface area contributed by atoms with Gasteiger partial charge in [-0.05, 0) is 47.1 Å². The summed E-state index contributed by atoms with van der Waals surface area (Å²) in [5.41, 5.74) is 6.68. The third-order valence-electron chi connectivity index (χ3n) is 4.65. The molecule has 0 aliphatic carbocycles. The molecule has 0 fully saturated rings. The number of pyridine rings is 1. The first-order chi connectivity index (χ1) is 10.5. The van der Waals surface area contributed by atoms with E-state index in [1.807, 2.05) is 0 Å². The van der Waals surface area contributed by atoms with Gasteiger partial charge < -0.3 is 4.90 Å². The van der Waals surface area contributed by atoms with E-state index in [2.05, 4.69) is 70.0 Å². The molecule has 0 amide bonds. The van der Waals surface area contributed by atoms with Crippen LogP contribution in [0.5, 0.6) is 0 Å². The summed E-state index contributed by atoms with van der Waals surface area (Å²) in [5, 5.41) is 0. The molecular weight excluding hydrogens is 268 g/mol. The second-order valence-corrected chi connectivity index (χ2v) is 7.00. The lowest BCUT2D eigenvalue weighted by atomic mass is 9.93. The van der Waals surface area contributed by atoms with Crippen LogP contribution in [-0.2, 0) is 6.42 Å². The first-order valence-electron chi connectivity index (χ1n) is 8.32. The van der Waals surface area contributed by atoms with Crippen molar-refractivity contribution in [2.24, 2.45) is 0 Å². The molecule has 0 atom stereocenters. The van der Waals surface area contributed by atoms with Crippen LogP contribution in [0.25, 0.3) is 11.1 Å². The Bertz CT molecular complexity index is 686. The predicted molar refractivity (Wildman–Crippen MR) is 94.8 cm³/mol. The van der Waals surface area contributed by atoms with E-state index in [4.69, 9.17) is 4.98 Å². The molecule has 2 aromatic rings. The number of anilines is 1. The summed E-state index contributed by atoms with van der Waals surface area (Å²) in [7, 11) is 2.16. The van der Waals surface area contributed by atoms with Gasteiger partial charge in [-0.25, -0.2) is 4.98 Å². The molecule has 0 spiro atoms. The number of aromatic nitrogens is 1. The van der Waals surface area contributed by atoms with Crippen LogP contribution >= 0.6 is 0 Å². The van der Waals surface area contributed by atoms with E-state index in [9.17, 15) is 0 Å². The van der Waals surface area contributed by atoms with Gasteiger partial charge in [-0.1, -0.05) is 45.9 Å². The van der Waals surface area contributed by atoms with E-state index < -0.39 is 0 Å². The Morgan fingerprint density at radius 3 is 2.36 bits per heavy atom. The highest BCUT2D eigenvalue weighted by atomic mass is 15.2. The molecule has 1 aliphatic rings. The molecule has 3 rings (SSSR count). The molecule has 2 heteroatoms. The Kier molecular flexibility index (Phi) is 3.94. The molecular formula is C20H26N2. The van der Waals surface area contributed by atoms with Gasteiger partial charge in [-0.2, -0.15) is 0 Å². The fourth-order valence-electron chi connectivity index (χ4n) is 3.12. The molecule has 0 bridgehead atoms. The van der Waals surface area contributed by atoms with Crippen LogP contribution in [0.15, 0.2) is 30.3 Å². The zero-order valence-electron chi connectivity index (χ0n) is 14.4. The fraction of sp³-hybridized carbons (Fsp3) is 0.450. The largest absolute Gasteiger partial charge is 0.359 e. The van der Waals surface area contributed by atoms with E-state index in [1.165, 1.54) is 27.9 Å². The maximum Gasteiger partial charge on any atom is 0.136 e. The van der Waals surface area contributed by atoms with Crippen molar-refractivity contribution < 1.29 is 0 Å². The Balaban J connectivity index is 2.15. The number of nitrogens with zero attached hydrogens (tertiary/aromatic N) is 2. The lowest BCUT2D eigenvalue weighted by Gasteiger charge is -2.19. The third kappa shape index (κ3) is 2.63. The van der Waals surface area contributed by atoms with Gasteiger partial charge in [0.15, 0.2) is 0 Å². The molecule has 22 heavy (non-hydrogen) atoms. The highest BCUT2D eigenvalue weighted by Crippen LogP contribution is 2.36. The van der Waals surface area contributed by atoms with Crippen molar-refractivity contribution in [2.75, 3.05) is 18.5 Å². The van der Waals surface area contributed by atoms with Crippen LogP contribution in [0.4, 0.5) is 5.82 Å². The van der Waals surface area contributed by atoms with Crippen molar-refractivity contribution >= 4 is 5.82 Å². The van der Waals surface area contributed by atoms with Crippen LogP contribution < -0.4 is 4.90 Å². The number of hydrogen-bond donors (Lipinski definition) is 0. The van der Waals surface area contributed by atoms with Crippen LogP contribution in [0.3, 0.4) is 0 Å². The van der Waals surface area contributed by atoms with Gasteiger partial charge in [0.2, 0.25) is 0 Å². The Morgan fingerprint density at radius 2 is 1.68 bits per heavy atom. The van der Waals surface area contributed by atoms with Crippen molar-refractivity contribution in [1.82, 2.24) is 4.98 Å². The average molecular weight is 294 g/mol. The summed E-state index contributed by atoms with van der Waals surface area (Å²) >= 11 is 0. The van der Waals surface area contributed by atoms with Crippen LogP contribution in [-0.4, -0.2) is 18.6 Å². The lowest BCUT2D eigenvalue weighted by Crippen LogP contribution is -2.20. The minimum Gasteiger partial charge on any atom is -0.359 e. The molecule has 0 saturated heterocycles. The smallest absolute Gasteiger partial charge is 0.136 e. The second kappa shape index (κ2) is 5.75. The topological polar surface area (TPSA) is 16.1 Å². The molecule has 0 saturated carbocycles. The molecule has 1 aliphatic heterocycles. The molecule has 0 unspecified atom stereocenters. The Hall–Kier alpha value is -1.83. The van der Waals surface area contributed by atoms with Crippen LogP contribution in [0.2, 0.25) is 0 Å². The van der Waals surface area contributed by atoms with Gasteiger partial charge in [-0.3, -0.25) is 0 Å². The second-order valence-electron chi connectivity index (χ2n) is 7.00. The van der Waals surface area contributed by atoms with Gasteiger partial charge in [0.1, 0.15) is 5.82 Å². The van der Waals surface area contributed by atoms with Gasteiger partial charge in [0.25, 0.3) is 0 Å². The van der Waals surface area contributed by atoms with Gasteiger partial charge in [0.05, 0.1) is 0 Å². The minimum absolute atomic E-state index is 0.463. The SMILES string of the molecule is CC(C)c1ccc2c(c1)CCN(C)c1nc(C(C)C)ccc1-2. The summed E-state index contributed by atoms with van der Waals surface area (Å²) in [5.74, 6) is 2.17. The van der Waals surface area contributed by atoms with E-state index in [0.29, 0.717) is 11.8 Å². The Morgan fingerprint density at radius 1 is 0.955 bits per heavy atom. The summed E-state index contributed by atoms with van der Waals surface area (Å²) < 4.78 is 0. The quantitative estimate of drug-likeness (QED) is 0.776. The average Bonchev–Trinajstić information content (AvgIpc) is 2.64.